The van der Waals surface area contributed by atoms with Crippen molar-refractivity contribution in [3.8, 4) is 0 Å². The number of benzene rings is 2. The fourth-order valence-electron chi connectivity index (χ4n) is 6.81. The minimum atomic E-state index is -5.04. The molecule has 0 bridgehead atoms. The third-order valence-corrected chi connectivity index (χ3v) is 9.02. The van der Waals surface area contributed by atoms with Crippen LogP contribution in [-0.4, -0.2) is 71.0 Å². The summed E-state index contributed by atoms with van der Waals surface area (Å²) in [7, 11) is 0. The third kappa shape index (κ3) is 6.11. The molecule has 0 aromatic heterocycles. The molecule has 2 heterocycles. The minimum Gasteiger partial charge on any atom is -0.338 e. The van der Waals surface area contributed by atoms with Gasteiger partial charge in [-0.15, -0.1) is 0 Å². The molecule has 2 saturated heterocycles. The molecular formula is C30H32F7N3O. The quantitative estimate of drug-likeness (QED) is 0.361. The second-order valence-electron chi connectivity index (χ2n) is 11.9. The van der Waals surface area contributed by atoms with Crippen LogP contribution in [0.5, 0.6) is 0 Å². The zero-order chi connectivity index (χ0) is 29.1. The first-order chi connectivity index (χ1) is 19.4. The number of carbonyl (C=O) groups is 1. The van der Waals surface area contributed by atoms with Crippen molar-refractivity contribution in [2.75, 3.05) is 26.2 Å². The lowest BCUT2D eigenvalue weighted by atomic mass is 9.84. The lowest BCUT2D eigenvalue weighted by Gasteiger charge is -2.43. The Labute approximate surface area is 234 Å². The van der Waals surface area contributed by atoms with Crippen LogP contribution in [0.2, 0.25) is 0 Å². The number of hydrogen-bond donors (Lipinski definition) is 0. The number of piperidine rings is 1. The van der Waals surface area contributed by atoms with Crippen LogP contribution in [0, 0.1) is 5.82 Å². The zero-order valence-corrected chi connectivity index (χ0v) is 22.4. The largest absolute Gasteiger partial charge is 0.416 e. The van der Waals surface area contributed by atoms with Crippen LogP contribution in [0.15, 0.2) is 42.5 Å². The van der Waals surface area contributed by atoms with Crippen LogP contribution < -0.4 is 0 Å². The smallest absolute Gasteiger partial charge is 0.338 e. The van der Waals surface area contributed by atoms with Crippen molar-refractivity contribution in [2.24, 2.45) is 0 Å². The van der Waals surface area contributed by atoms with E-state index in [0.717, 1.165) is 25.1 Å². The van der Waals surface area contributed by atoms with E-state index in [1.54, 1.807) is 12.1 Å². The Bertz CT molecular complexity index is 1230. The van der Waals surface area contributed by atoms with E-state index < -0.39 is 40.8 Å². The molecule has 11 heteroatoms. The first-order valence-electron chi connectivity index (χ1n) is 14.2. The van der Waals surface area contributed by atoms with Gasteiger partial charge in [-0.3, -0.25) is 14.6 Å². The molecule has 0 radical (unpaired) electrons. The van der Waals surface area contributed by atoms with Crippen molar-refractivity contribution in [1.29, 1.82) is 0 Å². The predicted octanol–water partition coefficient (Wildman–Crippen LogP) is 6.56. The summed E-state index contributed by atoms with van der Waals surface area (Å²) in [4.78, 5) is 19.9. The average Bonchev–Trinajstić information content (AvgIpc) is 3.87. The Kier molecular flexibility index (Phi) is 7.33. The van der Waals surface area contributed by atoms with Crippen molar-refractivity contribution in [2.45, 2.75) is 81.0 Å². The third-order valence-electron chi connectivity index (χ3n) is 9.02. The van der Waals surface area contributed by atoms with Gasteiger partial charge in [-0.25, -0.2) is 4.39 Å². The van der Waals surface area contributed by atoms with Crippen LogP contribution in [0.3, 0.4) is 0 Å². The summed E-state index contributed by atoms with van der Waals surface area (Å²) >= 11 is 0. The predicted molar refractivity (Wildman–Crippen MR) is 138 cm³/mol. The van der Waals surface area contributed by atoms with Gasteiger partial charge in [0.2, 0.25) is 0 Å². The number of carbonyl (C=O) groups excluding carboxylic acids is 1. The van der Waals surface area contributed by atoms with Gasteiger partial charge in [-0.05, 0) is 74.4 Å². The Hall–Kier alpha value is -2.66. The minimum absolute atomic E-state index is 0.0158. The summed E-state index contributed by atoms with van der Waals surface area (Å²) in [5, 5.41) is 0. The van der Waals surface area contributed by atoms with Crippen LogP contribution >= 0.6 is 0 Å². The molecule has 6 rings (SSSR count). The first-order valence-corrected chi connectivity index (χ1v) is 14.2. The maximum Gasteiger partial charge on any atom is 0.416 e. The van der Waals surface area contributed by atoms with E-state index in [9.17, 15) is 35.5 Å². The topological polar surface area (TPSA) is 26.8 Å². The molecule has 1 amide bonds. The molecule has 3 unspecified atom stereocenters. The average molecular weight is 584 g/mol. The molecule has 41 heavy (non-hydrogen) atoms. The summed E-state index contributed by atoms with van der Waals surface area (Å²) in [5.41, 5.74) is -2.88. The normalized spacial score (nSPS) is 26.1. The van der Waals surface area contributed by atoms with Gasteiger partial charge in [0.25, 0.3) is 5.91 Å². The van der Waals surface area contributed by atoms with Crippen LogP contribution in [0.25, 0.3) is 0 Å². The Morgan fingerprint density at radius 1 is 0.732 bits per heavy atom. The highest BCUT2D eigenvalue weighted by atomic mass is 19.4. The van der Waals surface area contributed by atoms with E-state index in [2.05, 4.69) is 9.80 Å². The summed E-state index contributed by atoms with van der Waals surface area (Å²) < 4.78 is 94.5. The molecule has 3 atom stereocenters. The fourth-order valence-corrected chi connectivity index (χ4v) is 6.81. The maximum absolute atomic E-state index is 13.8. The van der Waals surface area contributed by atoms with Crippen molar-refractivity contribution in [1.82, 2.24) is 14.7 Å². The molecule has 2 aromatic rings. The first kappa shape index (κ1) is 28.5. The number of nitrogens with zero attached hydrogens (tertiary/aromatic N) is 3. The number of alkyl halides is 6. The molecule has 2 aliphatic carbocycles. The lowest BCUT2D eigenvalue weighted by molar-refractivity contribution is -0.143. The Morgan fingerprint density at radius 2 is 1.32 bits per heavy atom. The van der Waals surface area contributed by atoms with E-state index in [1.807, 2.05) is 0 Å². The molecule has 2 aliphatic heterocycles. The summed E-state index contributed by atoms with van der Waals surface area (Å²) in [6, 6.07) is 8.79. The second-order valence-corrected chi connectivity index (χ2v) is 11.9. The van der Waals surface area contributed by atoms with Gasteiger partial charge in [-0.1, -0.05) is 12.1 Å². The number of hydrogen-bond acceptors (Lipinski definition) is 3. The SMILES string of the molecule is O=C(c1cc(C(F)(F)F)cc(C(F)(F)F)c1)N1CCC(N2CCC(N(C3CC3)C3CC3)C2)C(c2ccc(F)cc2)C1. The summed E-state index contributed by atoms with van der Waals surface area (Å²) in [6.07, 6.45) is -3.60. The molecule has 222 valence electrons. The van der Waals surface area contributed by atoms with Crippen molar-refractivity contribution < 1.29 is 35.5 Å². The molecule has 2 aromatic carbocycles. The molecular weight excluding hydrogens is 551 g/mol. The Balaban J connectivity index is 1.25. The molecule has 4 aliphatic rings. The van der Waals surface area contributed by atoms with Crippen LogP contribution in [0.1, 0.15) is 71.5 Å². The van der Waals surface area contributed by atoms with Crippen molar-refractivity contribution in [3.05, 3.63) is 70.5 Å². The Morgan fingerprint density at radius 3 is 1.85 bits per heavy atom. The maximum atomic E-state index is 13.8. The number of likely N-dealkylation sites (tertiary alicyclic amines) is 2. The van der Waals surface area contributed by atoms with Gasteiger partial charge in [0, 0.05) is 61.8 Å². The van der Waals surface area contributed by atoms with Gasteiger partial charge < -0.3 is 4.90 Å². The van der Waals surface area contributed by atoms with Gasteiger partial charge in [-0.2, -0.15) is 26.3 Å². The summed E-state index contributed by atoms with van der Waals surface area (Å²) in [5.74, 6) is -1.56. The number of halogens is 7. The lowest BCUT2D eigenvalue weighted by Crippen LogP contribution is -2.51. The van der Waals surface area contributed by atoms with E-state index in [0.29, 0.717) is 36.7 Å². The number of rotatable bonds is 6. The number of amides is 1. The standard InChI is InChI=1S/C30H32F7N3O/c31-22-3-1-18(2-4-22)26-17-39(28(41)19-13-20(29(32,33)34)15-21(14-19)30(35,36)37)12-10-27(26)38-11-9-25(16-38)40(23-5-6-23)24-7-8-24/h1-4,13-15,23-27H,5-12,16-17H2. The van der Waals surface area contributed by atoms with Gasteiger partial charge in [0.1, 0.15) is 5.82 Å². The van der Waals surface area contributed by atoms with Crippen LogP contribution in [0.4, 0.5) is 30.7 Å². The monoisotopic (exact) mass is 583 g/mol. The highest BCUT2D eigenvalue weighted by Gasteiger charge is 2.47. The van der Waals surface area contributed by atoms with Gasteiger partial charge in [0.05, 0.1) is 11.1 Å². The van der Waals surface area contributed by atoms with Crippen LogP contribution in [-0.2, 0) is 12.4 Å². The fraction of sp³-hybridized carbons (Fsp3) is 0.567. The molecule has 4 fully saturated rings. The molecule has 4 nitrogen and oxygen atoms in total. The highest BCUT2D eigenvalue weighted by Crippen LogP contribution is 2.42. The summed E-state index contributed by atoms with van der Waals surface area (Å²) in [6.45, 7) is 2.07. The second kappa shape index (κ2) is 10.6. The van der Waals surface area contributed by atoms with E-state index in [-0.39, 0.29) is 31.1 Å². The molecule has 0 N–H and O–H groups in total. The van der Waals surface area contributed by atoms with E-state index in [4.69, 9.17) is 0 Å². The highest BCUT2D eigenvalue weighted by molar-refractivity contribution is 5.95. The zero-order valence-electron chi connectivity index (χ0n) is 22.4. The van der Waals surface area contributed by atoms with Crippen molar-refractivity contribution >= 4 is 5.91 Å². The molecule has 0 spiro atoms. The molecule has 2 saturated carbocycles. The van der Waals surface area contributed by atoms with E-state index in [1.165, 1.54) is 42.7 Å². The van der Waals surface area contributed by atoms with Gasteiger partial charge in [0.15, 0.2) is 0 Å². The van der Waals surface area contributed by atoms with E-state index >= 15 is 0 Å². The van der Waals surface area contributed by atoms with Gasteiger partial charge >= 0.3 is 12.4 Å². The van der Waals surface area contributed by atoms with Crippen molar-refractivity contribution in [3.63, 3.8) is 0 Å².